The normalized spacial score (nSPS) is 15.0. The summed E-state index contributed by atoms with van der Waals surface area (Å²) in [5.41, 5.74) is 4.33. The van der Waals surface area contributed by atoms with Crippen molar-refractivity contribution in [2.24, 2.45) is 0 Å². The minimum absolute atomic E-state index is 0.0326. The summed E-state index contributed by atoms with van der Waals surface area (Å²) in [6.07, 6.45) is -1.26. The zero-order valence-electron chi connectivity index (χ0n) is 20.7. The molecule has 0 bridgehead atoms. The lowest BCUT2D eigenvalue weighted by atomic mass is 9.97. The van der Waals surface area contributed by atoms with Gasteiger partial charge in [0.25, 0.3) is 5.91 Å². The van der Waals surface area contributed by atoms with Gasteiger partial charge in [-0.2, -0.15) is 18.4 Å². The molecule has 5 rings (SSSR count). The van der Waals surface area contributed by atoms with E-state index >= 15 is 0 Å². The van der Waals surface area contributed by atoms with Crippen molar-refractivity contribution in [1.82, 2.24) is 25.3 Å². The molecule has 1 aliphatic rings. The van der Waals surface area contributed by atoms with E-state index in [1.807, 2.05) is 18.2 Å². The van der Waals surface area contributed by atoms with E-state index in [2.05, 4.69) is 32.0 Å². The van der Waals surface area contributed by atoms with Crippen molar-refractivity contribution < 1.29 is 18.0 Å². The largest absolute Gasteiger partial charge is 0.390 e. The van der Waals surface area contributed by atoms with E-state index in [4.69, 9.17) is 5.26 Å². The van der Waals surface area contributed by atoms with Crippen LogP contribution in [0.25, 0.3) is 11.3 Å². The summed E-state index contributed by atoms with van der Waals surface area (Å²) < 4.78 is 39.0. The number of aromatic nitrogens is 4. The monoisotopic (exact) mass is 551 g/mol. The Morgan fingerprint density at radius 2 is 2.03 bits per heavy atom. The Morgan fingerprint density at radius 1 is 1.21 bits per heavy atom. The number of anilines is 1. The van der Waals surface area contributed by atoms with Crippen LogP contribution in [0.5, 0.6) is 0 Å². The number of carbonyl (C=O) groups excluding carboxylic acids is 1. The molecule has 2 aromatic heterocycles. The topological polar surface area (TPSA) is 109 Å². The van der Waals surface area contributed by atoms with Crippen molar-refractivity contribution in [3.8, 4) is 17.3 Å². The van der Waals surface area contributed by atoms with Crippen LogP contribution < -0.4 is 10.6 Å². The van der Waals surface area contributed by atoms with Crippen LogP contribution in [0.3, 0.4) is 0 Å². The maximum absolute atomic E-state index is 13.0. The van der Waals surface area contributed by atoms with Gasteiger partial charge in [-0.3, -0.25) is 10.1 Å². The standard InChI is InChI=1S/C27H24F3N7OS/c28-27(29,30)10-11-32-21-8-9-22-24(13-21)39-26(33-22)34-25(38)20-3-1-2-18(12-20)15-37-16-23(35-36-37)19-6-4-17(14-31)5-7-19/h1-7,12,16,21,32H,8-11,13,15H2,(H,33,34,38). The molecule has 0 radical (unpaired) electrons. The van der Waals surface area contributed by atoms with E-state index in [1.165, 1.54) is 11.3 Å². The summed E-state index contributed by atoms with van der Waals surface area (Å²) in [7, 11) is 0. The highest BCUT2D eigenvalue weighted by molar-refractivity contribution is 7.15. The van der Waals surface area contributed by atoms with E-state index in [0.717, 1.165) is 21.7 Å². The van der Waals surface area contributed by atoms with Crippen molar-refractivity contribution in [2.75, 3.05) is 11.9 Å². The van der Waals surface area contributed by atoms with Crippen LogP contribution in [0.2, 0.25) is 0 Å². The summed E-state index contributed by atoms with van der Waals surface area (Å²) >= 11 is 1.37. The van der Waals surface area contributed by atoms with Crippen molar-refractivity contribution >= 4 is 22.4 Å². The quantitative estimate of drug-likeness (QED) is 0.320. The predicted octanol–water partition coefficient (Wildman–Crippen LogP) is 4.97. The predicted molar refractivity (Wildman–Crippen MR) is 140 cm³/mol. The summed E-state index contributed by atoms with van der Waals surface area (Å²) in [6.45, 7) is 0.312. The number of alkyl halides is 3. The number of fused-ring (bicyclic) bond motifs is 1. The van der Waals surface area contributed by atoms with Gasteiger partial charge < -0.3 is 5.32 Å². The third-order valence-corrected chi connectivity index (χ3v) is 7.42. The molecule has 0 saturated carbocycles. The number of carbonyl (C=O) groups is 1. The van der Waals surface area contributed by atoms with E-state index in [9.17, 15) is 18.0 Å². The van der Waals surface area contributed by atoms with Gasteiger partial charge in [0.1, 0.15) is 5.69 Å². The number of rotatable bonds is 8. The maximum Gasteiger partial charge on any atom is 0.390 e. The van der Waals surface area contributed by atoms with E-state index in [-0.39, 0.29) is 18.5 Å². The Balaban J connectivity index is 1.19. The molecular formula is C27H24F3N7OS. The zero-order chi connectivity index (χ0) is 27.4. The number of nitriles is 1. The molecule has 2 N–H and O–H groups in total. The minimum Gasteiger partial charge on any atom is -0.313 e. The number of nitrogens with one attached hydrogen (secondary N) is 2. The van der Waals surface area contributed by atoms with Gasteiger partial charge in [-0.15, -0.1) is 16.4 Å². The average molecular weight is 552 g/mol. The van der Waals surface area contributed by atoms with Gasteiger partial charge in [0.15, 0.2) is 5.13 Å². The second-order valence-corrected chi connectivity index (χ2v) is 10.4. The number of thiazole rings is 1. The number of amides is 1. The minimum atomic E-state index is -4.17. The smallest absolute Gasteiger partial charge is 0.313 e. The molecule has 12 heteroatoms. The van der Waals surface area contributed by atoms with Crippen LogP contribution >= 0.6 is 11.3 Å². The van der Waals surface area contributed by atoms with Crippen molar-refractivity contribution in [3.05, 3.63) is 82.0 Å². The molecule has 1 aliphatic carbocycles. The summed E-state index contributed by atoms with van der Waals surface area (Å²) in [5, 5.41) is 23.7. The van der Waals surface area contributed by atoms with Gasteiger partial charge >= 0.3 is 6.18 Å². The van der Waals surface area contributed by atoms with Gasteiger partial charge in [-0.25, -0.2) is 9.67 Å². The molecule has 0 saturated heterocycles. The lowest BCUT2D eigenvalue weighted by Crippen LogP contribution is -2.36. The lowest BCUT2D eigenvalue weighted by Gasteiger charge is -2.22. The Bertz CT molecular complexity index is 1500. The molecule has 2 aromatic carbocycles. The Labute approximate surface area is 226 Å². The molecule has 2 heterocycles. The first-order chi connectivity index (χ1) is 18.8. The Hall–Kier alpha value is -4.08. The van der Waals surface area contributed by atoms with Gasteiger partial charge in [0.05, 0.1) is 36.5 Å². The van der Waals surface area contributed by atoms with Crippen LogP contribution in [0.4, 0.5) is 18.3 Å². The van der Waals surface area contributed by atoms with Crippen molar-refractivity contribution in [2.45, 2.75) is 44.4 Å². The number of aryl methyl sites for hydroxylation is 1. The van der Waals surface area contributed by atoms with Crippen LogP contribution in [-0.4, -0.2) is 44.6 Å². The molecule has 1 unspecified atom stereocenters. The van der Waals surface area contributed by atoms with Crippen LogP contribution in [0.1, 0.15) is 44.9 Å². The molecular weight excluding hydrogens is 527 g/mol. The molecule has 4 aromatic rings. The summed E-state index contributed by atoms with van der Waals surface area (Å²) in [6, 6.07) is 16.3. The Kier molecular flexibility index (Phi) is 7.72. The van der Waals surface area contributed by atoms with Crippen molar-refractivity contribution in [1.29, 1.82) is 5.26 Å². The first-order valence-electron chi connectivity index (χ1n) is 12.4. The molecule has 1 amide bonds. The van der Waals surface area contributed by atoms with E-state index in [1.54, 1.807) is 41.2 Å². The molecule has 0 aliphatic heterocycles. The SMILES string of the molecule is N#Cc1ccc(-c2cn(Cc3cccc(C(=O)Nc4nc5c(s4)CC(NCCC(F)(F)F)CC5)c3)nn2)cc1. The number of hydrogen-bond donors (Lipinski definition) is 2. The van der Waals surface area contributed by atoms with Gasteiger partial charge in [-0.05, 0) is 49.1 Å². The number of halogens is 3. The van der Waals surface area contributed by atoms with E-state index in [0.29, 0.717) is 47.8 Å². The zero-order valence-corrected chi connectivity index (χ0v) is 21.5. The number of hydrogen-bond acceptors (Lipinski definition) is 7. The summed E-state index contributed by atoms with van der Waals surface area (Å²) in [5.74, 6) is -0.292. The second kappa shape index (κ2) is 11.3. The van der Waals surface area contributed by atoms with Crippen LogP contribution in [0.15, 0.2) is 54.7 Å². The highest BCUT2D eigenvalue weighted by Gasteiger charge is 2.28. The van der Waals surface area contributed by atoms with Crippen LogP contribution in [-0.2, 0) is 19.4 Å². The molecule has 8 nitrogen and oxygen atoms in total. The first-order valence-corrected chi connectivity index (χ1v) is 13.2. The molecule has 0 spiro atoms. The fourth-order valence-corrected chi connectivity index (χ4v) is 5.49. The highest BCUT2D eigenvalue weighted by Crippen LogP contribution is 2.30. The second-order valence-electron chi connectivity index (χ2n) is 9.29. The average Bonchev–Trinajstić information content (AvgIpc) is 3.54. The number of benzene rings is 2. The van der Waals surface area contributed by atoms with Gasteiger partial charge in [-0.1, -0.05) is 29.5 Å². The lowest BCUT2D eigenvalue weighted by molar-refractivity contribution is -0.133. The molecule has 200 valence electrons. The maximum atomic E-state index is 13.0. The first kappa shape index (κ1) is 26.5. The Morgan fingerprint density at radius 3 is 2.79 bits per heavy atom. The summed E-state index contributed by atoms with van der Waals surface area (Å²) in [4.78, 5) is 18.5. The third-order valence-electron chi connectivity index (χ3n) is 6.38. The van der Waals surface area contributed by atoms with Crippen molar-refractivity contribution in [3.63, 3.8) is 0 Å². The number of nitrogens with zero attached hydrogens (tertiary/aromatic N) is 5. The van der Waals surface area contributed by atoms with Crippen LogP contribution in [0, 0.1) is 11.3 Å². The molecule has 39 heavy (non-hydrogen) atoms. The molecule has 0 fully saturated rings. The fourth-order valence-electron chi connectivity index (χ4n) is 4.41. The van der Waals surface area contributed by atoms with E-state index < -0.39 is 12.6 Å². The van der Waals surface area contributed by atoms with Gasteiger partial charge in [0.2, 0.25) is 0 Å². The highest BCUT2D eigenvalue weighted by atomic mass is 32.1. The third kappa shape index (κ3) is 6.87. The molecule has 1 atom stereocenters. The van der Waals surface area contributed by atoms with Gasteiger partial charge in [0, 0.05) is 28.6 Å². The fraction of sp³-hybridized carbons (Fsp3) is 0.296.